The molecule has 0 aliphatic rings. The van der Waals surface area contributed by atoms with Crippen molar-refractivity contribution in [1.29, 1.82) is 0 Å². The number of ether oxygens (including phenoxy) is 1. The molecule has 3 rings (SSSR count). The number of anilines is 1. The maximum atomic E-state index is 14.4. The van der Waals surface area contributed by atoms with Gasteiger partial charge in [0.05, 0.1) is 18.4 Å². The number of halogens is 1. The number of hydrogen-bond donors (Lipinski definition) is 2. The maximum absolute atomic E-state index is 14.4. The van der Waals surface area contributed by atoms with Gasteiger partial charge in [0.2, 0.25) is 0 Å². The zero-order valence-electron chi connectivity index (χ0n) is 14.3. The summed E-state index contributed by atoms with van der Waals surface area (Å²) < 4.78 is 19.0. The third-order valence-electron chi connectivity index (χ3n) is 3.92. The molecule has 0 radical (unpaired) electrons. The number of phenols is 1. The van der Waals surface area contributed by atoms with Gasteiger partial charge in [-0.2, -0.15) is 0 Å². The van der Waals surface area contributed by atoms with Gasteiger partial charge in [-0.25, -0.2) is 9.18 Å². The summed E-state index contributed by atoms with van der Waals surface area (Å²) in [6.07, 6.45) is 3.18. The number of phenolic OH excluding ortho intramolecular Hbond substituents is 1. The van der Waals surface area contributed by atoms with Crippen LogP contribution in [0.4, 0.5) is 10.1 Å². The Morgan fingerprint density at radius 3 is 2.44 bits per heavy atom. The fraction of sp³-hybridized carbons (Fsp3) is 0.0500. The van der Waals surface area contributed by atoms with Crippen LogP contribution in [0.25, 0.3) is 11.1 Å². The van der Waals surface area contributed by atoms with Crippen molar-refractivity contribution in [1.82, 2.24) is 4.98 Å². The number of rotatable bonds is 4. The van der Waals surface area contributed by atoms with E-state index in [2.05, 4.69) is 15.0 Å². The van der Waals surface area contributed by atoms with Gasteiger partial charge in [0.1, 0.15) is 11.4 Å². The molecule has 0 spiro atoms. The summed E-state index contributed by atoms with van der Waals surface area (Å²) in [5.74, 6) is -2.68. The highest BCUT2D eigenvalue weighted by Crippen LogP contribution is 2.29. The highest BCUT2D eigenvalue weighted by Gasteiger charge is 2.18. The number of nitrogens with zero attached hydrogens (tertiary/aromatic N) is 1. The molecule has 0 aliphatic carbocycles. The fourth-order valence-corrected chi connectivity index (χ4v) is 2.53. The lowest BCUT2D eigenvalue weighted by molar-refractivity contribution is 0.0597. The van der Waals surface area contributed by atoms with Crippen molar-refractivity contribution in [3.05, 3.63) is 77.9 Å². The summed E-state index contributed by atoms with van der Waals surface area (Å²) in [4.78, 5) is 27.9. The highest BCUT2D eigenvalue weighted by molar-refractivity contribution is 6.06. The minimum Gasteiger partial charge on any atom is -0.505 e. The number of pyridine rings is 1. The Labute approximate surface area is 154 Å². The number of carbonyl (C=O) groups is 2. The van der Waals surface area contributed by atoms with Crippen molar-refractivity contribution in [2.75, 3.05) is 12.4 Å². The van der Waals surface area contributed by atoms with E-state index in [4.69, 9.17) is 0 Å². The summed E-state index contributed by atoms with van der Waals surface area (Å²) in [5.41, 5.74) is 1.03. The number of esters is 1. The molecule has 0 unspecified atom stereocenters. The number of aromatic hydroxyl groups is 1. The van der Waals surface area contributed by atoms with Crippen LogP contribution in [0, 0.1) is 5.82 Å². The van der Waals surface area contributed by atoms with Crippen molar-refractivity contribution in [2.24, 2.45) is 0 Å². The van der Waals surface area contributed by atoms with Crippen LogP contribution < -0.4 is 5.32 Å². The summed E-state index contributed by atoms with van der Waals surface area (Å²) in [6, 6.07) is 11.9. The summed E-state index contributed by atoms with van der Waals surface area (Å²) >= 11 is 0. The normalized spacial score (nSPS) is 10.3. The maximum Gasteiger partial charge on any atom is 0.341 e. The number of carbonyl (C=O) groups excluding carboxylic acids is 2. The second kappa shape index (κ2) is 7.65. The molecule has 27 heavy (non-hydrogen) atoms. The van der Waals surface area contributed by atoms with Crippen molar-refractivity contribution in [3.8, 4) is 16.9 Å². The molecule has 1 heterocycles. The monoisotopic (exact) mass is 366 g/mol. The van der Waals surface area contributed by atoms with E-state index in [-0.39, 0.29) is 16.8 Å². The van der Waals surface area contributed by atoms with Crippen LogP contribution in [0.2, 0.25) is 0 Å². The van der Waals surface area contributed by atoms with Crippen molar-refractivity contribution < 1.29 is 23.8 Å². The third-order valence-corrected chi connectivity index (χ3v) is 3.92. The quantitative estimate of drug-likeness (QED) is 0.544. The number of hydrogen-bond acceptors (Lipinski definition) is 5. The van der Waals surface area contributed by atoms with Gasteiger partial charge in [0.25, 0.3) is 5.91 Å². The number of amides is 1. The minimum atomic E-state index is -0.758. The smallest absolute Gasteiger partial charge is 0.341 e. The van der Waals surface area contributed by atoms with E-state index in [1.807, 2.05) is 0 Å². The van der Waals surface area contributed by atoms with Gasteiger partial charge < -0.3 is 15.2 Å². The van der Waals surface area contributed by atoms with Gasteiger partial charge >= 0.3 is 5.97 Å². The van der Waals surface area contributed by atoms with E-state index in [1.165, 1.54) is 37.4 Å². The third kappa shape index (κ3) is 3.77. The van der Waals surface area contributed by atoms with Crippen LogP contribution >= 0.6 is 0 Å². The minimum absolute atomic E-state index is 0.0273. The van der Waals surface area contributed by atoms with Crippen LogP contribution in [0.5, 0.6) is 5.75 Å². The lowest BCUT2D eigenvalue weighted by Crippen LogP contribution is -2.14. The van der Waals surface area contributed by atoms with Crippen molar-refractivity contribution >= 4 is 17.6 Å². The van der Waals surface area contributed by atoms with Gasteiger partial charge in [0.15, 0.2) is 5.75 Å². The molecule has 0 fully saturated rings. The summed E-state index contributed by atoms with van der Waals surface area (Å²) in [6.45, 7) is 0. The fourth-order valence-electron chi connectivity index (χ4n) is 2.53. The molecule has 0 atom stereocenters. The average Bonchev–Trinajstić information content (AvgIpc) is 2.69. The van der Waals surface area contributed by atoms with Gasteiger partial charge in [-0.05, 0) is 47.5 Å². The van der Waals surface area contributed by atoms with E-state index in [1.54, 1.807) is 30.6 Å². The van der Waals surface area contributed by atoms with Gasteiger partial charge in [0, 0.05) is 12.4 Å². The van der Waals surface area contributed by atoms with E-state index >= 15 is 0 Å². The lowest BCUT2D eigenvalue weighted by atomic mass is 10.0. The average molecular weight is 366 g/mol. The SMILES string of the molecule is COC(=O)c1cccc(NC(=O)c2ccc(-c3ccncc3)cc2F)c1O. The van der Waals surface area contributed by atoms with Crippen LogP contribution in [-0.2, 0) is 4.74 Å². The molecule has 0 bridgehead atoms. The van der Waals surface area contributed by atoms with E-state index in [0.29, 0.717) is 5.56 Å². The molecule has 136 valence electrons. The molecular weight excluding hydrogens is 351 g/mol. The number of para-hydroxylation sites is 1. The van der Waals surface area contributed by atoms with E-state index in [9.17, 15) is 19.1 Å². The number of nitrogens with one attached hydrogen (secondary N) is 1. The molecule has 2 aromatic carbocycles. The Kier molecular flexibility index (Phi) is 5.12. The first kappa shape index (κ1) is 18.1. The molecule has 2 N–H and O–H groups in total. The van der Waals surface area contributed by atoms with E-state index < -0.39 is 23.4 Å². The zero-order valence-corrected chi connectivity index (χ0v) is 14.3. The number of methoxy groups -OCH3 is 1. The largest absolute Gasteiger partial charge is 0.505 e. The highest BCUT2D eigenvalue weighted by atomic mass is 19.1. The number of aromatic nitrogens is 1. The van der Waals surface area contributed by atoms with Gasteiger partial charge in [-0.3, -0.25) is 9.78 Å². The van der Waals surface area contributed by atoms with Gasteiger partial charge in [-0.15, -0.1) is 0 Å². The first-order valence-corrected chi connectivity index (χ1v) is 7.93. The topological polar surface area (TPSA) is 88.5 Å². The predicted octanol–water partition coefficient (Wildman–Crippen LogP) is 3.63. The Morgan fingerprint density at radius 1 is 1.04 bits per heavy atom. The molecule has 0 saturated carbocycles. The van der Waals surface area contributed by atoms with Crippen LogP contribution in [0.15, 0.2) is 60.9 Å². The molecule has 0 saturated heterocycles. The summed E-state index contributed by atoms with van der Waals surface area (Å²) in [7, 11) is 1.17. The van der Waals surface area contributed by atoms with Crippen LogP contribution in [-0.4, -0.2) is 29.1 Å². The molecule has 1 amide bonds. The van der Waals surface area contributed by atoms with E-state index in [0.717, 1.165) is 5.56 Å². The standard InChI is InChI=1S/C20H15FN2O4/c1-27-20(26)15-3-2-4-17(18(15)24)23-19(25)14-6-5-13(11-16(14)21)12-7-9-22-10-8-12/h2-11,24H,1H3,(H,23,25). The molecule has 7 heteroatoms. The number of benzene rings is 2. The predicted molar refractivity (Wildman–Crippen MR) is 97.0 cm³/mol. The van der Waals surface area contributed by atoms with Crippen molar-refractivity contribution in [3.63, 3.8) is 0 Å². The first-order valence-electron chi connectivity index (χ1n) is 7.93. The van der Waals surface area contributed by atoms with Crippen LogP contribution in [0.3, 0.4) is 0 Å². The Morgan fingerprint density at radius 2 is 1.78 bits per heavy atom. The van der Waals surface area contributed by atoms with Gasteiger partial charge in [-0.1, -0.05) is 12.1 Å². The van der Waals surface area contributed by atoms with Crippen LogP contribution in [0.1, 0.15) is 20.7 Å². The Balaban J connectivity index is 1.86. The second-order valence-electron chi connectivity index (χ2n) is 5.58. The summed E-state index contributed by atoms with van der Waals surface area (Å²) in [5, 5.41) is 12.5. The Hall–Kier alpha value is -3.74. The second-order valence-corrected chi connectivity index (χ2v) is 5.58. The lowest BCUT2D eigenvalue weighted by Gasteiger charge is -2.11. The zero-order chi connectivity index (χ0) is 19.4. The first-order chi connectivity index (χ1) is 13.0. The van der Waals surface area contributed by atoms with Crippen molar-refractivity contribution in [2.45, 2.75) is 0 Å². The molecule has 0 aliphatic heterocycles. The molecule has 1 aromatic heterocycles. The molecule has 6 nitrogen and oxygen atoms in total. The molecule has 3 aromatic rings. The Bertz CT molecular complexity index is 1010. The molecular formula is C20H15FN2O4.